The van der Waals surface area contributed by atoms with Crippen LogP contribution in [0.3, 0.4) is 0 Å². The number of nitrogens with two attached hydrogens (primary N) is 1. The molecular weight excluding hydrogens is 409 g/mol. The van der Waals surface area contributed by atoms with E-state index in [9.17, 15) is 14.9 Å². The average molecular weight is 418 g/mol. The molecule has 2 rings (SSSR count). The highest BCUT2D eigenvalue weighted by Gasteiger charge is 2.19. The lowest BCUT2D eigenvalue weighted by molar-refractivity contribution is -0.383. The van der Waals surface area contributed by atoms with Crippen LogP contribution in [0.25, 0.3) is 0 Å². The lowest BCUT2D eigenvalue weighted by Crippen LogP contribution is -2.13. The molecular formula is C13H9ClIN3O3. The number of hydrogen-bond acceptors (Lipinski definition) is 4. The van der Waals surface area contributed by atoms with Crippen molar-refractivity contribution in [1.82, 2.24) is 0 Å². The molecule has 0 aromatic heterocycles. The first-order chi connectivity index (χ1) is 9.90. The van der Waals surface area contributed by atoms with Crippen LogP contribution in [0.1, 0.15) is 10.4 Å². The molecule has 6 nitrogen and oxygen atoms in total. The zero-order valence-electron chi connectivity index (χ0n) is 10.5. The summed E-state index contributed by atoms with van der Waals surface area (Å²) in [5.41, 5.74) is 5.65. The summed E-state index contributed by atoms with van der Waals surface area (Å²) in [7, 11) is 0. The second kappa shape index (κ2) is 6.27. The largest absolute Gasteiger partial charge is 0.392 e. The molecule has 0 aliphatic rings. The topological polar surface area (TPSA) is 98.3 Å². The third-order valence-electron chi connectivity index (χ3n) is 2.69. The summed E-state index contributed by atoms with van der Waals surface area (Å²) in [4.78, 5) is 22.4. The second-order valence-corrected chi connectivity index (χ2v) is 5.65. The van der Waals surface area contributed by atoms with E-state index in [2.05, 4.69) is 27.9 Å². The van der Waals surface area contributed by atoms with Crippen LogP contribution in [0.2, 0.25) is 5.02 Å². The summed E-state index contributed by atoms with van der Waals surface area (Å²) >= 11 is 7.90. The molecule has 0 bridgehead atoms. The highest BCUT2D eigenvalue weighted by Crippen LogP contribution is 2.31. The molecule has 2 aromatic rings. The Kier molecular flexibility index (Phi) is 4.63. The monoisotopic (exact) mass is 417 g/mol. The van der Waals surface area contributed by atoms with Gasteiger partial charge in [0.05, 0.1) is 15.6 Å². The Balaban J connectivity index is 2.36. The number of nitrogens with zero attached hydrogens (tertiary/aromatic N) is 1. The van der Waals surface area contributed by atoms with Crippen molar-refractivity contribution in [1.29, 1.82) is 0 Å². The number of nitrogens with one attached hydrogen (secondary N) is 1. The maximum absolute atomic E-state index is 12.2. The number of anilines is 2. The van der Waals surface area contributed by atoms with Crippen LogP contribution in [-0.4, -0.2) is 10.8 Å². The van der Waals surface area contributed by atoms with E-state index in [0.717, 1.165) is 9.64 Å². The minimum absolute atomic E-state index is 0.0305. The molecule has 0 spiro atoms. The van der Waals surface area contributed by atoms with Gasteiger partial charge in [-0.3, -0.25) is 14.9 Å². The van der Waals surface area contributed by atoms with Gasteiger partial charge in [-0.05, 0) is 40.8 Å². The van der Waals surface area contributed by atoms with Crippen LogP contribution >= 0.6 is 34.2 Å². The lowest BCUT2D eigenvalue weighted by Gasteiger charge is -2.08. The number of nitrogen functional groups attached to an aromatic ring is 1. The van der Waals surface area contributed by atoms with Crippen molar-refractivity contribution in [3.05, 3.63) is 60.7 Å². The SMILES string of the molecule is Nc1c(Cl)cc(C(=O)Nc2ccccc2I)cc1[N+](=O)[O-]. The van der Waals surface area contributed by atoms with Gasteiger partial charge in [-0.15, -0.1) is 0 Å². The smallest absolute Gasteiger partial charge is 0.294 e. The van der Waals surface area contributed by atoms with Crippen molar-refractivity contribution in [2.75, 3.05) is 11.1 Å². The Morgan fingerprint density at radius 2 is 2.00 bits per heavy atom. The van der Waals surface area contributed by atoms with Gasteiger partial charge in [0.1, 0.15) is 5.69 Å². The third kappa shape index (κ3) is 3.42. The van der Waals surface area contributed by atoms with E-state index in [0.29, 0.717) is 5.69 Å². The lowest BCUT2D eigenvalue weighted by atomic mass is 10.1. The maximum atomic E-state index is 12.2. The molecule has 0 saturated carbocycles. The fourth-order valence-electron chi connectivity index (χ4n) is 1.64. The van der Waals surface area contributed by atoms with Gasteiger partial charge in [-0.2, -0.15) is 0 Å². The van der Waals surface area contributed by atoms with Gasteiger partial charge in [0.2, 0.25) is 0 Å². The van der Waals surface area contributed by atoms with Crippen molar-refractivity contribution in [2.24, 2.45) is 0 Å². The van der Waals surface area contributed by atoms with Crippen molar-refractivity contribution in [2.45, 2.75) is 0 Å². The highest BCUT2D eigenvalue weighted by molar-refractivity contribution is 14.1. The molecule has 0 fully saturated rings. The summed E-state index contributed by atoms with van der Waals surface area (Å²) in [5, 5.41) is 13.5. The summed E-state index contributed by atoms with van der Waals surface area (Å²) in [6.45, 7) is 0. The number of carbonyl (C=O) groups is 1. The van der Waals surface area contributed by atoms with E-state index in [4.69, 9.17) is 17.3 Å². The number of halogens is 2. The number of rotatable bonds is 3. The quantitative estimate of drug-likeness (QED) is 0.344. The van der Waals surface area contributed by atoms with Crippen molar-refractivity contribution >= 4 is 57.2 Å². The van der Waals surface area contributed by atoms with Crippen LogP contribution in [0, 0.1) is 13.7 Å². The zero-order chi connectivity index (χ0) is 15.6. The van der Waals surface area contributed by atoms with Gasteiger partial charge < -0.3 is 11.1 Å². The minimum Gasteiger partial charge on any atom is -0.392 e. The molecule has 108 valence electrons. The minimum atomic E-state index is -0.676. The first-order valence-electron chi connectivity index (χ1n) is 5.69. The van der Waals surface area contributed by atoms with E-state index < -0.39 is 16.5 Å². The van der Waals surface area contributed by atoms with E-state index >= 15 is 0 Å². The van der Waals surface area contributed by atoms with Crippen LogP contribution in [-0.2, 0) is 0 Å². The number of nitro benzene ring substituents is 1. The zero-order valence-corrected chi connectivity index (χ0v) is 13.4. The van der Waals surface area contributed by atoms with Crippen LogP contribution in [0.5, 0.6) is 0 Å². The Labute approximate surface area is 138 Å². The van der Waals surface area contributed by atoms with Crippen molar-refractivity contribution < 1.29 is 9.72 Å². The van der Waals surface area contributed by atoms with E-state index in [1.807, 2.05) is 12.1 Å². The molecule has 0 radical (unpaired) electrons. The Hall–Kier alpha value is -1.87. The van der Waals surface area contributed by atoms with Gasteiger partial charge >= 0.3 is 0 Å². The molecule has 0 saturated heterocycles. The molecule has 0 aliphatic heterocycles. The summed E-state index contributed by atoms with van der Waals surface area (Å²) in [5.74, 6) is -0.496. The van der Waals surface area contributed by atoms with Gasteiger partial charge in [-0.25, -0.2) is 0 Å². The van der Waals surface area contributed by atoms with E-state index in [1.165, 1.54) is 6.07 Å². The van der Waals surface area contributed by atoms with E-state index in [-0.39, 0.29) is 16.3 Å². The van der Waals surface area contributed by atoms with Crippen LogP contribution in [0.4, 0.5) is 17.1 Å². The molecule has 0 aliphatic carbocycles. The van der Waals surface area contributed by atoms with Crippen molar-refractivity contribution in [3.8, 4) is 0 Å². The van der Waals surface area contributed by atoms with Gasteiger partial charge in [0, 0.05) is 15.2 Å². The number of benzene rings is 2. The van der Waals surface area contributed by atoms with Crippen LogP contribution < -0.4 is 11.1 Å². The standard InChI is InChI=1S/C13H9ClIN3O3/c14-8-5-7(6-11(12(8)16)18(20)21)13(19)17-10-4-2-1-3-9(10)15/h1-6H,16H2,(H,17,19). The van der Waals surface area contributed by atoms with Crippen molar-refractivity contribution in [3.63, 3.8) is 0 Å². The normalized spacial score (nSPS) is 10.2. The first-order valence-corrected chi connectivity index (χ1v) is 7.15. The molecule has 0 unspecified atom stereocenters. The summed E-state index contributed by atoms with van der Waals surface area (Å²) in [6.07, 6.45) is 0. The molecule has 3 N–H and O–H groups in total. The fourth-order valence-corrected chi connectivity index (χ4v) is 2.38. The number of amides is 1. The Bertz CT molecular complexity index is 737. The maximum Gasteiger partial charge on any atom is 0.294 e. The Morgan fingerprint density at radius 1 is 1.33 bits per heavy atom. The van der Waals surface area contributed by atoms with E-state index in [1.54, 1.807) is 12.1 Å². The van der Waals surface area contributed by atoms with Gasteiger partial charge in [0.15, 0.2) is 0 Å². The number of para-hydroxylation sites is 1. The van der Waals surface area contributed by atoms with Gasteiger partial charge in [-0.1, -0.05) is 23.7 Å². The number of carbonyl (C=O) groups excluding carboxylic acids is 1. The fraction of sp³-hybridized carbons (Fsp3) is 0. The summed E-state index contributed by atoms with van der Waals surface area (Å²) < 4.78 is 0.847. The Morgan fingerprint density at radius 3 is 2.62 bits per heavy atom. The molecule has 8 heteroatoms. The molecule has 21 heavy (non-hydrogen) atoms. The summed E-state index contributed by atoms with van der Waals surface area (Å²) in [6, 6.07) is 9.57. The second-order valence-electron chi connectivity index (χ2n) is 4.08. The molecule has 0 heterocycles. The number of hydrogen-bond donors (Lipinski definition) is 2. The molecule has 0 atom stereocenters. The highest BCUT2D eigenvalue weighted by atomic mass is 127. The average Bonchev–Trinajstić information content (AvgIpc) is 2.43. The predicted molar refractivity (Wildman–Crippen MR) is 89.6 cm³/mol. The first kappa shape index (κ1) is 15.5. The molecule has 1 amide bonds. The van der Waals surface area contributed by atoms with Crippen LogP contribution in [0.15, 0.2) is 36.4 Å². The predicted octanol–water partition coefficient (Wildman–Crippen LogP) is 3.69. The number of nitro groups is 1. The molecule has 2 aromatic carbocycles. The van der Waals surface area contributed by atoms with Gasteiger partial charge in [0.25, 0.3) is 11.6 Å². The third-order valence-corrected chi connectivity index (χ3v) is 3.94.